The molecule has 0 atom stereocenters. The third-order valence-electron chi connectivity index (χ3n) is 4.81. The lowest BCUT2D eigenvalue weighted by Gasteiger charge is -2.40. The highest BCUT2D eigenvalue weighted by molar-refractivity contribution is 5.82. The van der Waals surface area contributed by atoms with E-state index >= 15 is 0 Å². The van der Waals surface area contributed by atoms with Crippen molar-refractivity contribution in [2.24, 2.45) is 9.98 Å². The Bertz CT molecular complexity index is 1150. The number of aromatic nitrogens is 1. The summed E-state index contributed by atoms with van der Waals surface area (Å²) in [5.74, 6) is 3.09. The third kappa shape index (κ3) is 6.94. The van der Waals surface area contributed by atoms with Gasteiger partial charge >= 0.3 is 12.1 Å². The number of benzene rings is 1. The average Bonchev–Trinajstić information content (AvgIpc) is 2.77. The Kier molecular flexibility index (Phi) is 7.69. The minimum absolute atomic E-state index is 0.104. The topological polar surface area (TPSA) is 88.4 Å². The van der Waals surface area contributed by atoms with E-state index in [1.807, 2.05) is 39.8 Å². The molecule has 0 saturated carbocycles. The molecular weight excluding hydrogens is 430 g/mol. The number of allylic oxidation sites excluding steroid dienone is 1. The summed E-state index contributed by atoms with van der Waals surface area (Å²) in [5, 5.41) is 3.40. The van der Waals surface area contributed by atoms with E-state index in [0.717, 1.165) is 16.8 Å². The van der Waals surface area contributed by atoms with Crippen LogP contribution in [0.3, 0.4) is 0 Å². The number of nitrogens with one attached hydrogen (secondary N) is 1. The van der Waals surface area contributed by atoms with Gasteiger partial charge in [0.15, 0.2) is 0 Å². The molecule has 0 bridgehead atoms. The number of hydrogen-bond acceptors (Lipinski definition) is 6. The number of rotatable bonds is 5. The van der Waals surface area contributed by atoms with Crippen LogP contribution in [0, 0.1) is 12.3 Å². The Labute approximate surface area is 200 Å². The molecule has 0 aliphatic carbocycles. The van der Waals surface area contributed by atoms with Gasteiger partial charge < -0.3 is 19.7 Å². The van der Waals surface area contributed by atoms with Crippen LogP contribution in [0.15, 0.2) is 58.9 Å². The minimum Gasteiger partial charge on any atom is -0.444 e. The number of pyridine rings is 1. The second-order valence-corrected chi connectivity index (χ2v) is 8.85. The lowest BCUT2D eigenvalue weighted by Crippen LogP contribution is -2.57. The van der Waals surface area contributed by atoms with Crippen LogP contribution in [-0.2, 0) is 4.74 Å². The Morgan fingerprint density at radius 1 is 1.32 bits per heavy atom. The number of likely N-dealkylation sites (tertiary alicyclic amines) is 1. The first-order valence-electron chi connectivity index (χ1n) is 10.8. The van der Waals surface area contributed by atoms with Gasteiger partial charge in [-0.2, -0.15) is 0 Å². The van der Waals surface area contributed by atoms with E-state index in [1.165, 1.54) is 0 Å². The number of anilines is 1. The Morgan fingerprint density at radius 2 is 2.09 bits per heavy atom. The molecule has 1 amide bonds. The third-order valence-corrected chi connectivity index (χ3v) is 4.81. The number of amidine groups is 1. The molecule has 1 aliphatic rings. The second kappa shape index (κ2) is 10.7. The van der Waals surface area contributed by atoms with Crippen LogP contribution < -0.4 is 10.1 Å². The van der Waals surface area contributed by atoms with Crippen molar-refractivity contribution in [1.82, 2.24) is 9.88 Å². The van der Waals surface area contributed by atoms with Crippen molar-refractivity contribution in [2.75, 3.05) is 18.4 Å². The van der Waals surface area contributed by atoms with Crippen molar-refractivity contribution in [3.05, 3.63) is 60.1 Å². The standard InChI is InChI=1S/C26H29N5O3/c1-7-19-9-8-10-23(11-19)33-24(27-6)29-13-18(2)20-12-21(15-28-14-20)30-22-16-31(17-22)25(32)34-26(3,4)5/h1,8-15,22,30H,6,16-17H2,2-5H3/b18-13+,29-24?. The Morgan fingerprint density at radius 3 is 2.76 bits per heavy atom. The molecule has 2 aromatic rings. The van der Waals surface area contributed by atoms with Crippen LogP contribution in [0.2, 0.25) is 0 Å². The van der Waals surface area contributed by atoms with Crippen molar-refractivity contribution in [3.8, 4) is 18.1 Å². The number of terminal acetylenes is 1. The number of carbonyl (C=O) groups excluding carboxylic acids is 1. The largest absolute Gasteiger partial charge is 0.444 e. The Hall–Kier alpha value is -4.12. The molecule has 1 saturated heterocycles. The van der Waals surface area contributed by atoms with E-state index in [0.29, 0.717) is 24.4 Å². The molecule has 1 aromatic carbocycles. The molecule has 1 fully saturated rings. The summed E-state index contributed by atoms with van der Waals surface area (Å²) >= 11 is 0. The fourth-order valence-corrected chi connectivity index (χ4v) is 3.10. The maximum Gasteiger partial charge on any atom is 0.410 e. The van der Waals surface area contributed by atoms with Crippen molar-refractivity contribution >= 4 is 30.1 Å². The van der Waals surface area contributed by atoms with Gasteiger partial charge in [-0.25, -0.2) is 14.8 Å². The SMILES string of the molecule is C#Cc1cccc(OC(N=C)=N/C=C(\C)c2cncc(NC3CN(C(=O)OC(C)(C)C)C3)c2)c1. The van der Waals surface area contributed by atoms with E-state index < -0.39 is 5.60 Å². The molecule has 0 spiro atoms. The van der Waals surface area contributed by atoms with Gasteiger partial charge in [0.1, 0.15) is 11.4 Å². The monoisotopic (exact) mass is 459 g/mol. The fourth-order valence-electron chi connectivity index (χ4n) is 3.10. The van der Waals surface area contributed by atoms with Gasteiger partial charge in [0.25, 0.3) is 0 Å². The van der Waals surface area contributed by atoms with E-state index in [2.05, 4.69) is 32.9 Å². The zero-order valence-electron chi connectivity index (χ0n) is 19.9. The van der Waals surface area contributed by atoms with Crippen LogP contribution in [0.25, 0.3) is 5.57 Å². The van der Waals surface area contributed by atoms with Crippen molar-refractivity contribution < 1.29 is 14.3 Å². The second-order valence-electron chi connectivity index (χ2n) is 8.85. The van der Waals surface area contributed by atoms with E-state index in [9.17, 15) is 4.79 Å². The van der Waals surface area contributed by atoms with Gasteiger partial charge in [-0.05, 0) is 69.8 Å². The smallest absolute Gasteiger partial charge is 0.410 e. The van der Waals surface area contributed by atoms with Gasteiger partial charge in [-0.3, -0.25) is 4.98 Å². The molecule has 176 valence electrons. The molecule has 8 nitrogen and oxygen atoms in total. The van der Waals surface area contributed by atoms with Crippen LogP contribution in [0.5, 0.6) is 5.75 Å². The zero-order valence-corrected chi connectivity index (χ0v) is 19.9. The number of ether oxygens (including phenoxy) is 2. The number of carbonyl (C=O) groups is 1. The Balaban J connectivity index is 1.60. The van der Waals surface area contributed by atoms with Crippen molar-refractivity contribution in [1.29, 1.82) is 0 Å². The molecule has 34 heavy (non-hydrogen) atoms. The molecule has 1 aliphatic heterocycles. The molecule has 3 rings (SSSR count). The first kappa shape index (κ1) is 24.5. The van der Waals surface area contributed by atoms with E-state index in [4.69, 9.17) is 15.9 Å². The van der Waals surface area contributed by atoms with E-state index in [-0.39, 0.29) is 18.2 Å². The summed E-state index contributed by atoms with van der Waals surface area (Å²) in [6.07, 6.45) is 10.3. The van der Waals surface area contributed by atoms with Gasteiger partial charge in [0, 0.05) is 37.2 Å². The highest BCUT2D eigenvalue weighted by atomic mass is 16.6. The van der Waals surface area contributed by atoms with Gasteiger partial charge in [-0.1, -0.05) is 12.0 Å². The van der Waals surface area contributed by atoms with E-state index in [1.54, 1.807) is 41.7 Å². The molecule has 1 aromatic heterocycles. The maximum atomic E-state index is 12.1. The summed E-state index contributed by atoms with van der Waals surface area (Å²) in [6, 6.07) is 9.31. The van der Waals surface area contributed by atoms with Gasteiger partial charge in [0.2, 0.25) is 0 Å². The summed E-state index contributed by atoms with van der Waals surface area (Å²) in [6.45, 7) is 12.1. The molecule has 0 unspecified atom stereocenters. The predicted molar refractivity (Wildman–Crippen MR) is 135 cm³/mol. The summed E-state index contributed by atoms with van der Waals surface area (Å²) in [4.78, 5) is 26.2. The minimum atomic E-state index is -0.502. The van der Waals surface area contributed by atoms with Crippen LogP contribution in [0.4, 0.5) is 10.5 Å². The quantitative estimate of drug-likeness (QED) is 0.401. The molecule has 0 radical (unpaired) electrons. The fraction of sp³-hybridized carbons (Fsp3) is 0.308. The van der Waals surface area contributed by atoms with Crippen LogP contribution in [-0.4, -0.2) is 53.4 Å². The lowest BCUT2D eigenvalue weighted by atomic mass is 10.1. The highest BCUT2D eigenvalue weighted by Crippen LogP contribution is 2.21. The molecular formula is C26H29N5O3. The van der Waals surface area contributed by atoms with Crippen molar-refractivity contribution in [3.63, 3.8) is 0 Å². The number of nitrogens with zero attached hydrogens (tertiary/aromatic N) is 4. The van der Waals surface area contributed by atoms with Crippen molar-refractivity contribution in [2.45, 2.75) is 39.3 Å². The van der Waals surface area contributed by atoms with Gasteiger partial charge in [-0.15, -0.1) is 6.42 Å². The molecule has 8 heteroatoms. The first-order valence-corrected chi connectivity index (χ1v) is 10.8. The zero-order chi connectivity index (χ0) is 24.7. The van der Waals surface area contributed by atoms with Gasteiger partial charge in [0.05, 0.1) is 11.7 Å². The maximum absolute atomic E-state index is 12.1. The number of hydrogen-bond donors (Lipinski definition) is 1. The first-order chi connectivity index (χ1) is 16.2. The number of amides is 1. The normalized spacial score (nSPS) is 14.6. The highest BCUT2D eigenvalue weighted by Gasteiger charge is 2.33. The predicted octanol–water partition coefficient (Wildman–Crippen LogP) is 4.59. The molecule has 1 N–H and O–H groups in total. The summed E-state index contributed by atoms with van der Waals surface area (Å²) < 4.78 is 11.1. The average molecular weight is 460 g/mol. The number of aliphatic imine (C=N–C) groups is 2. The summed E-state index contributed by atoms with van der Waals surface area (Å²) in [7, 11) is 0. The van der Waals surface area contributed by atoms with Crippen LogP contribution >= 0.6 is 0 Å². The summed E-state index contributed by atoms with van der Waals surface area (Å²) in [5.41, 5.74) is 2.80. The van der Waals surface area contributed by atoms with Crippen LogP contribution in [0.1, 0.15) is 38.8 Å². The lowest BCUT2D eigenvalue weighted by molar-refractivity contribution is 0.0105. The molecule has 2 heterocycles.